The summed E-state index contributed by atoms with van der Waals surface area (Å²) in [4.78, 5) is 2.64. The average molecular weight is 269 g/mol. The zero-order chi connectivity index (χ0) is 13.7. The minimum absolute atomic E-state index is 0.283. The summed E-state index contributed by atoms with van der Waals surface area (Å²) < 4.78 is 11.8. The van der Waals surface area contributed by atoms with Crippen molar-refractivity contribution in [2.24, 2.45) is 5.92 Å². The van der Waals surface area contributed by atoms with Gasteiger partial charge in [-0.05, 0) is 32.1 Å². The van der Waals surface area contributed by atoms with Crippen LogP contribution in [0.1, 0.15) is 59.3 Å². The lowest BCUT2D eigenvalue weighted by molar-refractivity contribution is -0.0514. The second-order valence-electron chi connectivity index (χ2n) is 6.49. The summed E-state index contributed by atoms with van der Waals surface area (Å²) in [5, 5.41) is 0. The Kier molecular flexibility index (Phi) is 6.11. The quantitative estimate of drug-likeness (QED) is 0.737. The van der Waals surface area contributed by atoms with Crippen molar-refractivity contribution in [2.75, 3.05) is 19.8 Å². The second-order valence-corrected chi connectivity index (χ2v) is 6.49. The Bertz CT molecular complexity index is 251. The zero-order valence-corrected chi connectivity index (χ0v) is 12.9. The normalized spacial score (nSPS) is 30.3. The van der Waals surface area contributed by atoms with Gasteiger partial charge in [-0.25, -0.2) is 0 Å². The maximum atomic E-state index is 6.24. The van der Waals surface area contributed by atoms with Crippen molar-refractivity contribution >= 4 is 0 Å². The standard InChI is InChI=1S/C16H31NO2/c1-4-18-12-15-11-17(14-8-6-5-7-9-14)16(19-15)10-13(2)3/h13-16H,4-12H2,1-3H3. The summed E-state index contributed by atoms with van der Waals surface area (Å²) in [6.45, 7) is 9.25. The molecule has 19 heavy (non-hydrogen) atoms. The van der Waals surface area contributed by atoms with Gasteiger partial charge in [0.05, 0.1) is 12.7 Å². The van der Waals surface area contributed by atoms with Crippen LogP contribution in [0.25, 0.3) is 0 Å². The van der Waals surface area contributed by atoms with Crippen LogP contribution in [0.3, 0.4) is 0 Å². The van der Waals surface area contributed by atoms with Crippen LogP contribution in [0.2, 0.25) is 0 Å². The van der Waals surface area contributed by atoms with Crippen LogP contribution in [0.15, 0.2) is 0 Å². The maximum Gasteiger partial charge on any atom is 0.111 e. The topological polar surface area (TPSA) is 21.7 Å². The Morgan fingerprint density at radius 1 is 1.21 bits per heavy atom. The van der Waals surface area contributed by atoms with E-state index in [-0.39, 0.29) is 6.10 Å². The third-order valence-corrected chi connectivity index (χ3v) is 4.36. The molecule has 0 amide bonds. The van der Waals surface area contributed by atoms with E-state index < -0.39 is 0 Å². The Morgan fingerprint density at radius 3 is 2.58 bits per heavy atom. The molecule has 2 aliphatic rings. The van der Waals surface area contributed by atoms with Gasteiger partial charge in [0.2, 0.25) is 0 Å². The summed E-state index contributed by atoms with van der Waals surface area (Å²) in [6, 6.07) is 0.754. The predicted octanol–water partition coefficient (Wildman–Crippen LogP) is 3.43. The Hall–Kier alpha value is -0.120. The molecule has 1 saturated heterocycles. The lowest BCUT2D eigenvalue weighted by atomic mass is 9.93. The minimum atomic E-state index is 0.283. The monoisotopic (exact) mass is 269 g/mol. The van der Waals surface area contributed by atoms with Gasteiger partial charge in [-0.1, -0.05) is 33.1 Å². The first kappa shape index (κ1) is 15.3. The van der Waals surface area contributed by atoms with E-state index in [1.165, 1.54) is 32.1 Å². The fourth-order valence-corrected chi connectivity index (χ4v) is 3.43. The van der Waals surface area contributed by atoms with E-state index in [1.54, 1.807) is 0 Å². The smallest absolute Gasteiger partial charge is 0.111 e. The van der Waals surface area contributed by atoms with Crippen molar-refractivity contribution in [1.29, 1.82) is 0 Å². The Balaban J connectivity index is 1.91. The molecule has 3 nitrogen and oxygen atoms in total. The molecular weight excluding hydrogens is 238 g/mol. The van der Waals surface area contributed by atoms with Gasteiger partial charge in [-0.2, -0.15) is 0 Å². The van der Waals surface area contributed by atoms with Gasteiger partial charge >= 0.3 is 0 Å². The van der Waals surface area contributed by atoms with Crippen molar-refractivity contribution in [3.05, 3.63) is 0 Å². The van der Waals surface area contributed by atoms with E-state index in [1.807, 2.05) is 0 Å². The first-order valence-corrected chi connectivity index (χ1v) is 8.19. The second kappa shape index (κ2) is 7.61. The molecule has 0 N–H and O–H groups in total. The van der Waals surface area contributed by atoms with Crippen molar-refractivity contribution in [3.63, 3.8) is 0 Å². The van der Waals surface area contributed by atoms with Crippen molar-refractivity contribution in [3.8, 4) is 0 Å². The molecule has 0 bridgehead atoms. The van der Waals surface area contributed by atoms with E-state index in [0.717, 1.165) is 32.2 Å². The first-order chi connectivity index (χ1) is 9.20. The molecule has 2 rings (SSSR count). The molecule has 0 radical (unpaired) electrons. The van der Waals surface area contributed by atoms with Crippen LogP contribution in [-0.2, 0) is 9.47 Å². The van der Waals surface area contributed by atoms with Crippen LogP contribution in [0, 0.1) is 5.92 Å². The number of ether oxygens (including phenoxy) is 2. The lowest BCUT2D eigenvalue weighted by Crippen LogP contribution is -2.41. The van der Waals surface area contributed by atoms with Crippen molar-refractivity contribution in [1.82, 2.24) is 4.90 Å². The molecule has 2 fully saturated rings. The molecule has 0 aromatic rings. The van der Waals surface area contributed by atoms with Crippen molar-refractivity contribution < 1.29 is 9.47 Å². The molecule has 2 atom stereocenters. The molecule has 112 valence electrons. The van der Waals surface area contributed by atoms with Gasteiger partial charge in [-0.15, -0.1) is 0 Å². The van der Waals surface area contributed by atoms with Gasteiger partial charge in [0.25, 0.3) is 0 Å². The first-order valence-electron chi connectivity index (χ1n) is 8.19. The van der Waals surface area contributed by atoms with Crippen molar-refractivity contribution in [2.45, 2.75) is 77.7 Å². The van der Waals surface area contributed by atoms with Gasteiger partial charge < -0.3 is 9.47 Å². The van der Waals surface area contributed by atoms with E-state index >= 15 is 0 Å². The molecule has 1 aliphatic carbocycles. The molecule has 0 spiro atoms. The highest BCUT2D eigenvalue weighted by Gasteiger charge is 2.37. The highest BCUT2D eigenvalue weighted by molar-refractivity contribution is 4.85. The van der Waals surface area contributed by atoms with E-state index in [0.29, 0.717) is 12.1 Å². The van der Waals surface area contributed by atoms with Gasteiger partial charge in [-0.3, -0.25) is 4.90 Å². The molecular formula is C16H31NO2. The highest BCUT2D eigenvalue weighted by Crippen LogP contribution is 2.31. The van der Waals surface area contributed by atoms with E-state index in [2.05, 4.69) is 25.7 Å². The molecule has 0 aromatic carbocycles. The van der Waals surface area contributed by atoms with Gasteiger partial charge in [0, 0.05) is 19.2 Å². The number of hydrogen-bond acceptors (Lipinski definition) is 3. The van der Waals surface area contributed by atoms with Gasteiger partial charge in [0.1, 0.15) is 6.23 Å². The summed E-state index contributed by atoms with van der Waals surface area (Å²) in [5.41, 5.74) is 0. The lowest BCUT2D eigenvalue weighted by Gasteiger charge is -2.34. The molecule has 1 heterocycles. The fraction of sp³-hybridized carbons (Fsp3) is 1.00. The zero-order valence-electron chi connectivity index (χ0n) is 12.9. The SMILES string of the molecule is CCOCC1CN(C2CCCCC2)C(CC(C)C)O1. The summed E-state index contributed by atoms with van der Waals surface area (Å²) in [7, 11) is 0. The van der Waals surface area contributed by atoms with Gasteiger partial charge in [0.15, 0.2) is 0 Å². The van der Waals surface area contributed by atoms with Crippen LogP contribution < -0.4 is 0 Å². The van der Waals surface area contributed by atoms with Crippen LogP contribution >= 0.6 is 0 Å². The molecule has 0 aromatic heterocycles. The molecule has 2 unspecified atom stereocenters. The summed E-state index contributed by atoms with van der Waals surface area (Å²) in [5.74, 6) is 0.696. The Morgan fingerprint density at radius 2 is 1.95 bits per heavy atom. The third-order valence-electron chi connectivity index (χ3n) is 4.36. The summed E-state index contributed by atoms with van der Waals surface area (Å²) in [6.07, 6.45) is 8.69. The average Bonchev–Trinajstić information content (AvgIpc) is 2.79. The van der Waals surface area contributed by atoms with Crippen LogP contribution in [0.4, 0.5) is 0 Å². The Labute approximate surface area is 118 Å². The molecule has 3 heteroatoms. The summed E-state index contributed by atoms with van der Waals surface area (Å²) >= 11 is 0. The fourth-order valence-electron chi connectivity index (χ4n) is 3.43. The number of nitrogens with zero attached hydrogens (tertiary/aromatic N) is 1. The highest BCUT2D eigenvalue weighted by atomic mass is 16.6. The number of hydrogen-bond donors (Lipinski definition) is 0. The van der Waals surface area contributed by atoms with Crippen LogP contribution in [-0.4, -0.2) is 43.0 Å². The minimum Gasteiger partial charge on any atom is -0.379 e. The molecule has 1 aliphatic heterocycles. The maximum absolute atomic E-state index is 6.24. The third kappa shape index (κ3) is 4.44. The molecule has 1 saturated carbocycles. The van der Waals surface area contributed by atoms with Crippen LogP contribution in [0.5, 0.6) is 0 Å². The predicted molar refractivity (Wildman–Crippen MR) is 78.2 cm³/mol. The van der Waals surface area contributed by atoms with E-state index in [4.69, 9.17) is 9.47 Å². The number of rotatable bonds is 6. The largest absolute Gasteiger partial charge is 0.379 e. The van der Waals surface area contributed by atoms with E-state index in [9.17, 15) is 0 Å².